The number of carbonyl (C=O) groups excluding carboxylic acids is 2. The van der Waals surface area contributed by atoms with Crippen molar-refractivity contribution in [3.05, 3.63) is 0 Å². The Bertz CT molecular complexity index is 346. The van der Waals surface area contributed by atoms with Gasteiger partial charge in [-0.2, -0.15) is 0 Å². The van der Waals surface area contributed by atoms with Crippen molar-refractivity contribution in [3.63, 3.8) is 0 Å². The molecule has 0 aromatic carbocycles. The molecule has 0 saturated carbocycles. The fraction of sp³-hybridized carbons (Fsp3) is 0.867. The van der Waals surface area contributed by atoms with E-state index >= 15 is 0 Å². The normalized spacial score (nSPS) is 12.2. The van der Waals surface area contributed by atoms with Gasteiger partial charge in [0.1, 0.15) is 12.8 Å². The second kappa shape index (κ2) is 15.2. The fourth-order valence-corrected chi connectivity index (χ4v) is 1.52. The molecule has 0 aliphatic heterocycles. The molecule has 9 heteroatoms. The van der Waals surface area contributed by atoms with Crippen LogP contribution in [0.3, 0.4) is 0 Å². The third kappa shape index (κ3) is 17.0. The average molecular weight is 354 g/mol. The largest absolute Gasteiger partial charge is 0.397 e. The smallest absolute Gasteiger partial charge is 0.381 e. The van der Waals surface area contributed by atoms with E-state index in [4.69, 9.17) is 14.2 Å². The summed E-state index contributed by atoms with van der Waals surface area (Å²) in [7, 11) is 0. The minimum atomic E-state index is -1.75. The number of ether oxygens (including phenoxy) is 3. The lowest BCUT2D eigenvalue weighted by Gasteiger charge is -2.10. The summed E-state index contributed by atoms with van der Waals surface area (Å²) in [6, 6.07) is 0. The Hall–Kier alpha value is -1.32. The van der Waals surface area contributed by atoms with Gasteiger partial charge in [0.05, 0.1) is 19.3 Å². The Morgan fingerprint density at radius 3 is 2.38 bits per heavy atom. The first-order valence-electron chi connectivity index (χ1n) is 8.03. The molecule has 24 heavy (non-hydrogen) atoms. The second-order valence-corrected chi connectivity index (χ2v) is 5.36. The molecule has 0 saturated heterocycles. The fourth-order valence-electron chi connectivity index (χ4n) is 1.52. The van der Waals surface area contributed by atoms with Crippen molar-refractivity contribution in [1.82, 2.24) is 10.6 Å². The van der Waals surface area contributed by atoms with Gasteiger partial charge >= 0.3 is 6.16 Å². The van der Waals surface area contributed by atoms with E-state index in [1.165, 1.54) is 0 Å². The molecule has 0 aliphatic carbocycles. The maximum Gasteiger partial charge on any atom is 0.397 e. The molecule has 1 atom stereocenters. The first kappa shape index (κ1) is 22.7. The Kier molecular flexibility index (Phi) is 14.4. The topological polar surface area (TPSA) is 85.9 Å². The predicted octanol–water partition coefficient (Wildman–Crippen LogP) is 1.36. The quantitative estimate of drug-likeness (QED) is 0.263. The second-order valence-electron chi connectivity index (χ2n) is 5.36. The standard InChI is InChI=1S/C15H28F2N2O5/c1-12(2)24-11-14(20)18-5-3-6-22-7-4-8-23-10-13(16)9-19-15(17)21/h12-13H,3-11H2,1-2H3,(H,18,20)(H,19,21). The lowest BCUT2D eigenvalue weighted by molar-refractivity contribution is -0.127. The minimum Gasteiger partial charge on any atom is -0.381 e. The van der Waals surface area contributed by atoms with E-state index in [0.717, 1.165) is 0 Å². The molecule has 0 heterocycles. The number of amides is 2. The molecule has 0 rings (SSSR count). The zero-order valence-corrected chi connectivity index (χ0v) is 14.3. The van der Waals surface area contributed by atoms with Crippen molar-refractivity contribution in [2.75, 3.05) is 46.1 Å². The van der Waals surface area contributed by atoms with Crippen LogP contribution >= 0.6 is 0 Å². The van der Waals surface area contributed by atoms with Gasteiger partial charge < -0.3 is 24.8 Å². The highest BCUT2D eigenvalue weighted by atomic mass is 19.1. The minimum absolute atomic E-state index is 0.0245. The van der Waals surface area contributed by atoms with Crippen LogP contribution in [0.15, 0.2) is 0 Å². The van der Waals surface area contributed by atoms with Crippen molar-refractivity contribution in [1.29, 1.82) is 0 Å². The van der Waals surface area contributed by atoms with Gasteiger partial charge in [0, 0.05) is 26.4 Å². The lowest BCUT2D eigenvalue weighted by Crippen LogP contribution is -2.30. The van der Waals surface area contributed by atoms with Gasteiger partial charge in [-0.1, -0.05) is 0 Å². The van der Waals surface area contributed by atoms with Gasteiger partial charge in [-0.25, -0.2) is 9.18 Å². The van der Waals surface area contributed by atoms with Gasteiger partial charge in [0.15, 0.2) is 0 Å². The van der Waals surface area contributed by atoms with E-state index < -0.39 is 18.9 Å². The van der Waals surface area contributed by atoms with E-state index in [1.807, 2.05) is 13.8 Å². The number of nitrogens with one attached hydrogen (secondary N) is 2. The van der Waals surface area contributed by atoms with Crippen molar-refractivity contribution in [2.45, 2.75) is 39.0 Å². The van der Waals surface area contributed by atoms with Crippen LogP contribution in [0.1, 0.15) is 26.7 Å². The first-order chi connectivity index (χ1) is 11.4. The van der Waals surface area contributed by atoms with E-state index in [-0.39, 0.29) is 25.2 Å². The molecule has 2 amide bonds. The summed E-state index contributed by atoms with van der Waals surface area (Å²) < 4.78 is 40.4. The maximum atomic E-state index is 13.1. The van der Waals surface area contributed by atoms with Crippen LogP contribution in [0, 0.1) is 0 Å². The summed E-state index contributed by atoms with van der Waals surface area (Å²) in [5.41, 5.74) is 0. The van der Waals surface area contributed by atoms with E-state index in [1.54, 1.807) is 5.32 Å². The number of hydrogen-bond donors (Lipinski definition) is 2. The van der Waals surface area contributed by atoms with E-state index in [9.17, 15) is 18.4 Å². The zero-order chi connectivity index (χ0) is 18.2. The lowest BCUT2D eigenvalue weighted by atomic mass is 10.4. The monoisotopic (exact) mass is 354 g/mol. The van der Waals surface area contributed by atoms with Crippen LogP contribution in [0.5, 0.6) is 0 Å². The molecule has 0 spiro atoms. The van der Waals surface area contributed by atoms with Crippen molar-refractivity contribution >= 4 is 12.1 Å². The summed E-state index contributed by atoms with van der Waals surface area (Å²) in [5, 5.41) is 4.44. The van der Waals surface area contributed by atoms with Crippen LogP contribution in [0.2, 0.25) is 0 Å². The Labute approximate surface area is 141 Å². The van der Waals surface area contributed by atoms with Crippen LogP contribution in [0.25, 0.3) is 0 Å². The summed E-state index contributed by atoms with van der Waals surface area (Å²) >= 11 is 0. The molecule has 142 valence electrons. The molecule has 0 aromatic heterocycles. The average Bonchev–Trinajstić information content (AvgIpc) is 2.52. The van der Waals surface area contributed by atoms with Crippen molar-refractivity contribution in [3.8, 4) is 0 Å². The number of rotatable bonds is 15. The highest BCUT2D eigenvalue weighted by molar-refractivity contribution is 5.77. The zero-order valence-electron chi connectivity index (χ0n) is 14.3. The third-order valence-corrected chi connectivity index (χ3v) is 2.67. The number of halogens is 2. The summed E-state index contributed by atoms with van der Waals surface area (Å²) in [5.74, 6) is -0.151. The Morgan fingerprint density at radius 1 is 1.04 bits per heavy atom. The molecule has 7 nitrogen and oxygen atoms in total. The summed E-state index contributed by atoms with van der Waals surface area (Å²) in [4.78, 5) is 21.3. The highest BCUT2D eigenvalue weighted by Gasteiger charge is 2.08. The SMILES string of the molecule is CC(C)OCC(=O)NCCCOCCCOCC(F)CNC(=O)F. The predicted molar refractivity (Wildman–Crippen MR) is 84.4 cm³/mol. The molecule has 0 bridgehead atoms. The number of alkyl halides is 1. The molecule has 0 radical (unpaired) electrons. The Balaban J connectivity index is 3.25. The van der Waals surface area contributed by atoms with Crippen LogP contribution in [-0.2, 0) is 19.0 Å². The van der Waals surface area contributed by atoms with E-state index in [0.29, 0.717) is 39.2 Å². The van der Waals surface area contributed by atoms with Crippen molar-refractivity contribution in [2.24, 2.45) is 0 Å². The third-order valence-electron chi connectivity index (χ3n) is 2.67. The van der Waals surface area contributed by atoms with Gasteiger partial charge in [0.2, 0.25) is 5.91 Å². The number of hydrogen-bond acceptors (Lipinski definition) is 5. The molecule has 1 unspecified atom stereocenters. The highest BCUT2D eigenvalue weighted by Crippen LogP contribution is 1.94. The number of carbonyl (C=O) groups is 2. The van der Waals surface area contributed by atoms with E-state index in [2.05, 4.69) is 5.32 Å². The molecular formula is C15H28F2N2O5. The van der Waals surface area contributed by atoms with Gasteiger partial charge in [0.25, 0.3) is 0 Å². The van der Waals surface area contributed by atoms with Crippen LogP contribution in [0.4, 0.5) is 13.6 Å². The Morgan fingerprint density at radius 2 is 1.71 bits per heavy atom. The van der Waals surface area contributed by atoms with Crippen molar-refractivity contribution < 1.29 is 32.6 Å². The van der Waals surface area contributed by atoms with Crippen LogP contribution < -0.4 is 10.6 Å². The van der Waals surface area contributed by atoms with Gasteiger partial charge in [-0.05, 0) is 26.7 Å². The molecule has 0 aliphatic rings. The maximum absolute atomic E-state index is 13.1. The van der Waals surface area contributed by atoms with Gasteiger partial charge in [-0.15, -0.1) is 4.39 Å². The molecule has 2 N–H and O–H groups in total. The molecular weight excluding hydrogens is 326 g/mol. The van der Waals surface area contributed by atoms with Crippen LogP contribution in [-0.4, -0.2) is 70.5 Å². The first-order valence-corrected chi connectivity index (χ1v) is 8.03. The summed E-state index contributed by atoms with van der Waals surface area (Å²) in [6.45, 7) is 4.96. The summed E-state index contributed by atoms with van der Waals surface area (Å²) in [6.07, 6.45) is -1.89. The van der Waals surface area contributed by atoms with Gasteiger partial charge in [-0.3, -0.25) is 4.79 Å². The molecule has 0 fully saturated rings. The molecule has 0 aromatic rings.